The van der Waals surface area contributed by atoms with Gasteiger partial charge >= 0.3 is 0 Å². The summed E-state index contributed by atoms with van der Waals surface area (Å²) in [6, 6.07) is -0.655. The van der Waals surface area contributed by atoms with Gasteiger partial charge in [-0.2, -0.15) is 0 Å². The highest BCUT2D eigenvalue weighted by Gasteiger charge is 2.48. The highest BCUT2D eigenvalue weighted by atomic mass is 16.7. The van der Waals surface area contributed by atoms with E-state index in [4.69, 9.17) is 19.9 Å². The lowest BCUT2D eigenvalue weighted by atomic mass is 9.97. The average molecular weight is 218 g/mol. The molecule has 2 fully saturated rings. The van der Waals surface area contributed by atoms with Crippen LogP contribution in [0.4, 0.5) is 0 Å². The molecule has 0 aromatic rings. The molecule has 2 bridgehead atoms. The molecule has 0 amide bonds. The van der Waals surface area contributed by atoms with Crippen molar-refractivity contribution in [3.63, 3.8) is 0 Å². The molecule has 0 aliphatic carbocycles. The number of ether oxygens (including phenoxy) is 3. The molecule has 2 aliphatic heterocycles. The molecule has 0 aromatic carbocycles. The molecule has 15 heavy (non-hydrogen) atoms. The maximum Gasteiger partial charge on any atom is 0.176 e. The second kappa shape index (κ2) is 4.73. The van der Waals surface area contributed by atoms with Crippen LogP contribution in [0.15, 0.2) is 0 Å². The van der Waals surface area contributed by atoms with Crippen molar-refractivity contribution >= 4 is 0 Å². The van der Waals surface area contributed by atoms with Gasteiger partial charge in [0.25, 0.3) is 0 Å². The first-order valence-corrected chi connectivity index (χ1v) is 5.17. The van der Waals surface area contributed by atoms with Crippen LogP contribution < -0.4 is 11.1 Å². The van der Waals surface area contributed by atoms with Gasteiger partial charge in [0.1, 0.15) is 6.10 Å². The number of hydrogen-bond donors (Lipinski definition) is 3. The third-order valence-electron chi connectivity index (χ3n) is 2.90. The van der Waals surface area contributed by atoms with E-state index in [1.807, 2.05) is 0 Å². The summed E-state index contributed by atoms with van der Waals surface area (Å²) >= 11 is 0. The molecule has 0 spiro atoms. The molecular weight excluding hydrogens is 200 g/mol. The van der Waals surface area contributed by atoms with Gasteiger partial charge in [0, 0.05) is 13.7 Å². The second-order valence-electron chi connectivity index (χ2n) is 3.92. The van der Waals surface area contributed by atoms with Gasteiger partial charge in [-0.25, -0.2) is 0 Å². The largest absolute Gasteiger partial charge is 0.390 e. The number of fused-ring (bicyclic) bond motifs is 2. The van der Waals surface area contributed by atoms with Crippen LogP contribution in [0.2, 0.25) is 0 Å². The van der Waals surface area contributed by atoms with Crippen molar-refractivity contribution in [2.75, 3.05) is 26.9 Å². The lowest BCUT2D eigenvalue weighted by Gasteiger charge is -2.36. The molecule has 6 heteroatoms. The summed E-state index contributed by atoms with van der Waals surface area (Å²) in [5, 5.41) is 13.1. The Balaban J connectivity index is 1.91. The van der Waals surface area contributed by atoms with Crippen LogP contribution in [0.1, 0.15) is 0 Å². The summed E-state index contributed by atoms with van der Waals surface area (Å²) in [5.41, 5.74) is 5.83. The fraction of sp³-hybridized carbons (Fsp3) is 1.00. The topological polar surface area (TPSA) is 86.0 Å². The number of nitrogens with two attached hydrogens (primary N) is 1. The molecule has 2 aliphatic rings. The summed E-state index contributed by atoms with van der Waals surface area (Å²) in [7, 11) is 1.63. The molecule has 0 saturated carbocycles. The lowest BCUT2D eigenvalue weighted by molar-refractivity contribution is -0.147. The predicted molar refractivity (Wildman–Crippen MR) is 52.3 cm³/mol. The smallest absolute Gasteiger partial charge is 0.176 e. The zero-order valence-corrected chi connectivity index (χ0v) is 8.76. The zero-order valence-electron chi connectivity index (χ0n) is 8.76. The highest BCUT2D eigenvalue weighted by molar-refractivity contribution is 4.98. The average Bonchev–Trinajstić information content (AvgIpc) is 2.67. The van der Waals surface area contributed by atoms with Crippen LogP contribution in [-0.4, -0.2) is 62.6 Å². The Bertz CT molecular complexity index is 216. The predicted octanol–water partition coefficient (Wildman–Crippen LogP) is -1.97. The molecular formula is C9H18N2O4. The van der Waals surface area contributed by atoms with Crippen LogP contribution in [0.5, 0.6) is 0 Å². The third kappa shape index (κ3) is 2.15. The minimum absolute atomic E-state index is 0.175. The molecule has 2 saturated heterocycles. The van der Waals surface area contributed by atoms with Crippen LogP contribution >= 0.6 is 0 Å². The van der Waals surface area contributed by atoms with Gasteiger partial charge in [0.15, 0.2) is 6.29 Å². The first kappa shape index (κ1) is 11.3. The summed E-state index contributed by atoms with van der Waals surface area (Å²) < 4.78 is 15.8. The van der Waals surface area contributed by atoms with Gasteiger partial charge in [-0.1, -0.05) is 0 Å². The third-order valence-corrected chi connectivity index (χ3v) is 2.90. The van der Waals surface area contributed by atoms with Crippen LogP contribution in [0.25, 0.3) is 0 Å². The van der Waals surface area contributed by atoms with Crippen LogP contribution in [-0.2, 0) is 14.2 Å². The number of aliphatic hydroxyl groups is 1. The number of aliphatic hydroxyl groups excluding tert-OH is 1. The van der Waals surface area contributed by atoms with E-state index in [0.29, 0.717) is 19.8 Å². The van der Waals surface area contributed by atoms with Crippen molar-refractivity contribution in [1.29, 1.82) is 0 Å². The van der Waals surface area contributed by atoms with E-state index in [-0.39, 0.29) is 24.5 Å². The normalized spacial score (nSPS) is 44.6. The van der Waals surface area contributed by atoms with Crippen molar-refractivity contribution in [2.45, 2.75) is 30.6 Å². The Labute approximate surface area is 88.7 Å². The molecule has 6 nitrogen and oxygen atoms in total. The Hall–Kier alpha value is -0.240. The maximum atomic E-state index is 9.93. The van der Waals surface area contributed by atoms with E-state index in [1.165, 1.54) is 0 Å². The SMILES string of the molecule is COCCNC1C2OCC(O2)C(N)C1O. The minimum Gasteiger partial charge on any atom is -0.390 e. The van der Waals surface area contributed by atoms with E-state index in [0.717, 1.165) is 0 Å². The number of methoxy groups -OCH3 is 1. The van der Waals surface area contributed by atoms with Gasteiger partial charge in [0.05, 0.1) is 31.4 Å². The second-order valence-corrected chi connectivity index (χ2v) is 3.92. The van der Waals surface area contributed by atoms with Gasteiger partial charge in [-0.05, 0) is 0 Å². The van der Waals surface area contributed by atoms with E-state index >= 15 is 0 Å². The minimum atomic E-state index is -0.631. The van der Waals surface area contributed by atoms with Gasteiger partial charge < -0.3 is 30.4 Å². The first-order chi connectivity index (χ1) is 7.24. The zero-order chi connectivity index (χ0) is 10.8. The fourth-order valence-electron chi connectivity index (χ4n) is 2.00. The van der Waals surface area contributed by atoms with E-state index in [2.05, 4.69) is 5.32 Å². The van der Waals surface area contributed by atoms with Crippen LogP contribution in [0, 0.1) is 0 Å². The highest BCUT2D eigenvalue weighted by Crippen LogP contribution is 2.26. The fourth-order valence-corrected chi connectivity index (χ4v) is 2.00. The monoisotopic (exact) mass is 218 g/mol. The summed E-state index contributed by atoms with van der Waals surface area (Å²) in [6.45, 7) is 1.68. The molecule has 2 rings (SSSR count). The summed E-state index contributed by atoms with van der Waals surface area (Å²) in [5.74, 6) is 0. The molecule has 4 N–H and O–H groups in total. The summed E-state index contributed by atoms with van der Waals surface area (Å²) in [6.07, 6.45) is -1.19. The number of rotatable bonds is 4. The first-order valence-electron chi connectivity index (χ1n) is 5.17. The maximum absolute atomic E-state index is 9.93. The number of nitrogens with one attached hydrogen (secondary N) is 1. The van der Waals surface area contributed by atoms with E-state index < -0.39 is 6.10 Å². The Morgan fingerprint density at radius 1 is 1.60 bits per heavy atom. The number of hydrogen-bond acceptors (Lipinski definition) is 6. The van der Waals surface area contributed by atoms with Crippen molar-refractivity contribution in [2.24, 2.45) is 5.73 Å². The molecule has 0 radical (unpaired) electrons. The van der Waals surface area contributed by atoms with E-state index in [9.17, 15) is 5.11 Å². The van der Waals surface area contributed by atoms with Gasteiger partial charge in [-0.3, -0.25) is 0 Å². The van der Waals surface area contributed by atoms with E-state index in [1.54, 1.807) is 7.11 Å². The molecule has 2 heterocycles. The molecule has 5 unspecified atom stereocenters. The van der Waals surface area contributed by atoms with Crippen molar-refractivity contribution in [3.8, 4) is 0 Å². The quantitative estimate of drug-likeness (QED) is 0.475. The Kier molecular flexibility index (Phi) is 3.55. The van der Waals surface area contributed by atoms with Crippen molar-refractivity contribution < 1.29 is 19.3 Å². The lowest BCUT2D eigenvalue weighted by Crippen LogP contribution is -2.62. The van der Waals surface area contributed by atoms with Gasteiger partial charge in [-0.15, -0.1) is 0 Å². The standard InChI is InChI=1S/C9H18N2O4/c1-13-3-2-11-7-8(12)6(10)5-4-14-9(7)15-5/h5-9,11-12H,2-4,10H2,1H3. The van der Waals surface area contributed by atoms with Gasteiger partial charge in [0.2, 0.25) is 0 Å². The molecule has 0 aromatic heterocycles. The molecule has 88 valence electrons. The Morgan fingerprint density at radius 3 is 3.13 bits per heavy atom. The Morgan fingerprint density at radius 2 is 2.40 bits per heavy atom. The van der Waals surface area contributed by atoms with Crippen LogP contribution in [0.3, 0.4) is 0 Å². The molecule has 5 atom stereocenters. The van der Waals surface area contributed by atoms with Crippen molar-refractivity contribution in [3.05, 3.63) is 0 Å². The summed E-state index contributed by atoms with van der Waals surface area (Å²) in [4.78, 5) is 0. The van der Waals surface area contributed by atoms with Crippen molar-refractivity contribution in [1.82, 2.24) is 5.32 Å².